The van der Waals surface area contributed by atoms with Crippen LogP contribution < -0.4 is 0 Å². The molecule has 0 amide bonds. The summed E-state index contributed by atoms with van der Waals surface area (Å²) >= 11 is 0. The van der Waals surface area contributed by atoms with Gasteiger partial charge >= 0.3 is 0 Å². The molecular formula is C22H32N2O2. The monoisotopic (exact) mass is 356 g/mol. The van der Waals surface area contributed by atoms with Crippen molar-refractivity contribution in [1.29, 1.82) is 0 Å². The highest BCUT2D eigenvalue weighted by Gasteiger charge is 2.05. The molecule has 26 heavy (non-hydrogen) atoms. The maximum absolute atomic E-state index is 9.10. The Kier molecular flexibility index (Phi) is 8.78. The molecule has 0 unspecified atom stereocenters. The Bertz CT molecular complexity index is 568. The first-order valence-corrected chi connectivity index (χ1v) is 9.54. The summed E-state index contributed by atoms with van der Waals surface area (Å²) in [6.45, 7) is 9.68. The molecule has 142 valence electrons. The van der Waals surface area contributed by atoms with Gasteiger partial charge in [-0.25, -0.2) is 0 Å². The quantitative estimate of drug-likeness (QED) is 0.650. The zero-order chi connectivity index (χ0) is 18.8. The first kappa shape index (κ1) is 20.6. The average molecular weight is 357 g/mol. The summed E-state index contributed by atoms with van der Waals surface area (Å²) in [5.74, 6) is 0. The molecule has 0 aliphatic heterocycles. The zero-order valence-electron chi connectivity index (χ0n) is 16.1. The number of hydrogen-bond donors (Lipinski definition) is 2. The smallest absolute Gasteiger partial charge is 0.0558 e. The lowest BCUT2D eigenvalue weighted by Gasteiger charge is -2.19. The van der Waals surface area contributed by atoms with Crippen LogP contribution in [-0.2, 0) is 13.1 Å². The van der Waals surface area contributed by atoms with E-state index in [0.717, 1.165) is 26.2 Å². The first-order valence-electron chi connectivity index (χ1n) is 9.54. The molecule has 0 spiro atoms. The van der Waals surface area contributed by atoms with E-state index in [1.165, 1.54) is 22.3 Å². The van der Waals surface area contributed by atoms with Crippen molar-refractivity contribution >= 4 is 0 Å². The van der Waals surface area contributed by atoms with Crippen molar-refractivity contribution < 1.29 is 10.2 Å². The molecule has 0 aliphatic carbocycles. The molecule has 0 radical (unpaired) electrons. The molecule has 4 heteroatoms. The molecule has 2 rings (SSSR count). The number of rotatable bonds is 11. The maximum atomic E-state index is 9.10. The van der Waals surface area contributed by atoms with Gasteiger partial charge in [0.25, 0.3) is 0 Å². The van der Waals surface area contributed by atoms with E-state index in [2.05, 4.69) is 72.2 Å². The van der Waals surface area contributed by atoms with Crippen molar-refractivity contribution in [2.45, 2.75) is 26.9 Å². The van der Waals surface area contributed by atoms with E-state index < -0.39 is 0 Å². The van der Waals surface area contributed by atoms with Crippen LogP contribution in [0.5, 0.6) is 0 Å². The number of likely N-dealkylation sites (N-methyl/N-ethyl adjacent to an activating group) is 2. The summed E-state index contributed by atoms with van der Waals surface area (Å²) in [5.41, 5.74) is 4.97. The van der Waals surface area contributed by atoms with Gasteiger partial charge in [0.05, 0.1) is 13.2 Å². The number of nitrogens with zero attached hydrogens (tertiary/aromatic N) is 2. The van der Waals surface area contributed by atoms with Crippen molar-refractivity contribution in [2.75, 3.05) is 39.4 Å². The van der Waals surface area contributed by atoms with E-state index in [9.17, 15) is 0 Å². The molecule has 0 aliphatic rings. The van der Waals surface area contributed by atoms with Crippen LogP contribution in [0.1, 0.15) is 25.0 Å². The number of aliphatic hydroxyl groups is 2. The maximum Gasteiger partial charge on any atom is 0.0558 e. The summed E-state index contributed by atoms with van der Waals surface area (Å²) in [5, 5.41) is 18.2. The molecule has 2 aromatic rings. The van der Waals surface area contributed by atoms with Crippen LogP contribution >= 0.6 is 0 Å². The van der Waals surface area contributed by atoms with Crippen LogP contribution in [0.2, 0.25) is 0 Å². The Morgan fingerprint density at radius 2 is 0.962 bits per heavy atom. The molecule has 2 N–H and O–H groups in total. The molecule has 0 saturated heterocycles. The van der Waals surface area contributed by atoms with Gasteiger partial charge in [0, 0.05) is 26.2 Å². The van der Waals surface area contributed by atoms with Gasteiger partial charge in [-0.05, 0) is 35.3 Å². The third kappa shape index (κ3) is 6.22. The van der Waals surface area contributed by atoms with Crippen LogP contribution in [0.15, 0.2) is 48.5 Å². The average Bonchev–Trinajstić information content (AvgIpc) is 2.68. The van der Waals surface area contributed by atoms with Crippen molar-refractivity contribution in [1.82, 2.24) is 9.80 Å². The molecule has 0 heterocycles. The highest BCUT2D eigenvalue weighted by Crippen LogP contribution is 2.21. The Morgan fingerprint density at radius 3 is 1.23 bits per heavy atom. The van der Waals surface area contributed by atoms with E-state index in [1.807, 2.05) is 0 Å². The molecule has 0 aromatic heterocycles. The lowest BCUT2D eigenvalue weighted by molar-refractivity contribution is 0.196. The van der Waals surface area contributed by atoms with Gasteiger partial charge in [-0.2, -0.15) is 0 Å². The molecule has 0 atom stereocenters. The predicted octanol–water partition coefficient (Wildman–Crippen LogP) is 2.98. The summed E-state index contributed by atoms with van der Waals surface area (Å²) in [4.78, 5) is 4.46. The van der Waals surface area contributed by atoms with Crippen molar-refractivity contribution in [2.24, 2.45) is 0 Å². The van der Waals surface area contributed by atoms with E-state index in [4.69, 9.17) is 10.2 Å². The topological polar surface area (TPSA) is 46.9 Å². The lowest BCUT2D eigenvalue weighted by Crippen LogP contribution is -2.26. The van der Waals surface area contributed by atoms with Crippen LogP contribution in [0.4, 0.5) is 0 Å². The van der Waals surface area contributed by atoms with Crippen LogP contribution in [0.3, 0.4) is 0 Å². The van der Waals surface area contributed by atoms with Gasteiger partial charge in [-0.1, -0.05) is 62.4 Å². The fraction of sp³-hybridized carbons (Fsp3) is 0.455. The second kappa shape index (κ2) is 11.1. The van der Waals surface area contributed by atoms with E-state index >= 15 is 0 Å². The summed E-state index contributed by atoms with van der Waals surface area (Å²) in [6, 6.07) is 17.4. The second-order valence-electron chi connectivity index (χ2n) is 6.58. The summed E-state index contributed by atoms with van der Waals surface area (Å²) < 4.78 is 0. The van der Waals surface area contributed by atoms with Crippen LogP contribution in [0, 0.1) is 0 Å². The first-order chi connectivity index (χ1) is 12.7. The number of hydrogen-bond acceptors (Lipinski definition) is 4. The Hall–Kier alpha value is -1.72. The molecule has 0 bridgehead atoms. The summed E-state index contributed by atoms with van der Waals surface area (Å²) in [7, 11) is 0. The van der Waals surface area contributed by atoms with E-state index in [-0.39, 0.29) is 13.2 Å². The highest BCUT2D eigenvalue weighted by atomic mass is 16.3. The molecule has 0 fully saturated rings. The minimum Gasteiger partial charge on any atom is -0.395 e. The minimum atomic E-state index is 0.200. The Morgan fingerprint density at radius 1 is 0.615 bits per heavy atom. The van der Waals surface area contributed by atoms with Crippen LogP contribution in [0.25, 0.3) is 11.1 Å². The SMILES string of the molecule is CCN(CCO)Cc1ccc(-c2ccc(CN(CC)CCO)cc2)cc1. The molecule has 0 saturated carbocycles. The van der Waals surface area contributed by atoms with E-state index in [1.54, 1.807) is 0 Å². The van der Waals surface area contributed by atoms with Crippen molar-refractivity contribution in [3.63, 3.8) is 0 Å². The highest BCUT2D eigenvalue weighted by molar-refractivity contribution is 5.63. The lowest BCUT2D eigenvalue weighted by atomic mass is 10.0. The normalized spacial score (nSPS) is 11.5. The largest absolute Gasteiger partial charge is 0.395 e. The Balaban J connectivity index is 2.00. The second-order valence-corrected chi connectivity index (χ2v) is 6.58. The van der Waals surface area contributed by atoms with Gasteiger partial charge in [0.2, 0.25) is 0 Å². The third-order valence-corrected chi connectivity index (χ3v) is 4.78. The third-order valence-electron chi connectivity index (χ3n) is 4.78. The van der Waals surface area contributed by atoms with Gasteiger partial charge in [-0.3, -0.25) is 9.80 Å². The number of aliphatic hydroxyl groups excluding tert-OH is 2. The molecule has 2 aromatic carbocycles. The standard InChI is InChI=1S/C22H32N2O2/c1-3-23(13-15-25)17-19-5-9-21(10-6-19)22-11-7-20(8-12-22)18-24(4-2)14-16-26/h5-12,25-26H,3-4,13-18H2,1-2H3. The van der Waals surface area contributed by atoms with Gasteiger partial charge in [0.1, 0.15) is 0 Å². The fourth-order valence-electron chi connectivity index (χ4n) is 3.10. The zero-order valence-corrected chi connectivity index (χ0v) is 16.1. The number of benzene rings is 2. The van der Waals surface area contributed by atoms with Gasteiger partial charge in [-0.15, -0.1) is 0 Å². The van der Waals surface area contributed by atoms with Crippen molar-refractivity contribution in [3.05, 3.63) is 59.7 Å². The van der Waals surface area contributed by atoms with Crippen LogP contribution in [-0.4, -0.2) is 59.4 Å². The van der Waals surface area contributed by atoms with Crippen molar-refractivity contribution in [3.8, 4) is 11.1 Å². The fourth-order valence-corrected chi connectivity index (χ4v) is 3.10. The molecular weight excluding hydrogens is 324 g/mol. The Labute approximate surface area is 157 Å². The minimum absolute atomic E-state index is 0.200. The van der Waals surface area contributed by atoms with Gasteiger partial charge < -0.3 is 10.2 Å². The van der Waals surface area contributed by atoms with Gasteiger partial charge in [0.15, 0.2) is 0 Å². The summed E-state index contributed by atoms with van der Waals surface area (Å²) in [6.07, 6.45) is 0. The predicted molar refractivity (Wildman–Crippen MR) is 108 cm³/mol. The molecule has 4 nitrogen and oxygen atoms in total. The van der Waals surface area contributed by atoms with E-state index in [0.29, 0.717) is 13.1 Å².